The summed E-state index contributed by atoms with van der Waals surface area (Å²) < 4.78 is 7.47. The molecular weight excluding hydrogens is 276 g/mol. The monoisotopic (exact) mass is 288 g/mol. The van der Waals surface area contributed by atoms with Gasteiger partial charge in [0.1, 0.15) is 18.8 Å². The van der Waals surface area contributed by atoms with Crippen LogP contribution in [0.3, 0.4) is 0 Å². The predicted molar refractivity (Wildman–Crippen MR) is 73.9 cm³/mol. The molecule has 0 aliphatic rings. The molecule has 0 bridgehead atoms. The third-order valence-corrected chi connectivity index (χ3v) is 3.11. The molecular formula is C13H12N4O4. The van der Waals surface area contributed by atoms with Crippen molar-refractivity contribution in [3.8, 4) is 0 Å². The second-order valence-electron chi connectivity index (χ2n) is 4.48. The summed E-state index contributed by atoms with van der Waals surface area (Å²) in [6, 6.07) is 7.19. The van der Waals surface area contributed by atoms with Crippen LogP contribution in [0.5, 0.6) is 0 Å². The molecule has 3 rings (SSSR count). The molecule has 0 saturated heterocycles. The largest absolute Gasteiger partial charge is 0.480 e. The van der Waals surface area contributed by atoms with Crippen molar-refractivity contribution in [3.05, 3.63) is 34.7 Å². The number of methoxy groups -OCH3 is 1. The van der Waals surface area contributed by atoms with Gasteiger partial charge >= 0.3 is 11.7 Å². The first-order valence-corrected chi connectivity index (χ1v) is 6.18. The van der Waals surface area contributed by atoms with Crippen LogP contribution in [0.2, 0.25) is 0 Å². The van der Waals surface area contributed by atoms with Crippen LogP contribution in [0.1, 0.15) is 0 Å². The summed E-state index contributed by atoms with van der Waals surface area (Å²) in [4.78, 5) is 26.9. The number of ether oxygens (including phenoxy) is 1. The average molecular weight is 288 g/mol. The summed E-state index contributed by atoms with van der Waals surface area (Å²) in [6.07, 6.45) is 0. The zero-order valence-electron chi connectivity index (χ0n) is 11.2. The Kier molecular flexibility index (Phi) is 3.15. The van der Waals surface area contributed by atoms with Crippen molar-refractivity contribution >= 4 is 28.0 Å². The van der Waals surface area contributed by atoms with Gasteiger partial charge in [-0.1, -0.05) is 18.2 Å². The fourth-order valence-electron chi connectivity index (χ4n) is 2.30. The maximum absolute atomic E-state index is 11.9. The van der Waals surface area contributed by atoms with Gasteiger partial charge in [-0.2, -0.15) is 14.8 Å². The van der Waals surface area contributed by atoms with Gasteiger partial charge in [-0.15, -0.1) is 0 Å². The van der Waals surface area contributed by atoms with Gasteiger partial charge in [0.25, 0.3) is 0 Å². The van der Waals surface area contributed by atoms with Gasteiger partial charge in [0.05, 0.1) is 5.52 Å². The molecule has 108 valence electrons. The highest BCUT2D eigenvalue weighted by atomic mass is 16.5. The van der Waals surface area contributed by atoms with Crippen LogP contribution >= 0.6 is 0 Å². The van der Waals surface area contributed by atoms with Gasteiger partial charge in [-0.05, 0) is 6.07 Å². The van der Waals surface area contributed by atoms with Crippen molar-refractivity contribution in [2.24, 2.45) is 0 Å². The molecule has 1 N–H and O–H groups in total. The van der Waals surface area contributed by atoms with Crippen LogP contribution in [-0.4, -0.2) is 37.5 Å². The highest BCUT2D eigenvalue weighted by molar-refractivity contribution is 6.04. The molecule has 0 spiro atoms. The number of fused-ring (bicyclic) bond motifs is 3. The van der Waals surface area contributed by atoms with Crippen molar-refractivity contribution in [1.82, 2.24) is 19.3 Å². The van der Waals surface area contributed by atoms with Crippen LogP contribution in [0.4, 0.5) is 0 Å². The number of aliphatic carboxylic acids is 1. The highest BCUT2D eigenvalue weighted by Gasteiger charge is 2.16. The molecule has 8 nitrogen and oxygen atoms in total. The molecule has 2 heterocycles. The van der Waals surface area contributed by atoms with Crippen LogP contribution in [0.25, 0.3) is 22.1 Å². The van der Waals surface area contributed by atoms with Crippen LogP contribution < -0.4 is 5.69 Å². The molecule has 0 saturated carbocycles. The zero-order valence-corrected chi connectivity index (χ0v) is 11.2. The number of hydrogen-bond donors (Lipinski definition) is 1. The molecule has 0 fully saturated rings. The number of aromatic nitrogens is 4. The second kappa shape index (κ2) is 4.98. The molecule has 1 aromatic carbocycles. The van der Waals surface area contributed by atoms with Gasteiger partial charge in [-0.25, -0.2) is 4.79 Å². The standard InChI is InChI=1S/C13H12N4O4/c1-21-7-17-13(20)14-12-11(15-17)8-4-2-3-5-9(8)16(12)6-10(18)19/h2-5H,6-7H2,1H3,(H,18,19). The number of carbonyl (C=O) groups is 1. The first-order valence-electron chi connectivity index (χ1n) is 6.18. The van der Waals surface area contributed by atoms with E-state index in [1.165, 1.54) is 11.7 Å². The smallest absolute Gasteiger partial charge is 0.368 e. The molecule has 8 heteroatoms. The molecule has 2 aromatic heterocycles. The van der Waals surface area contributed by atoms with Crippen molar-refractivity contribution in [2.45, 2.75) is 13.3 Å². The molecule has 0 unspecified atom stereocenters. The molecule has 0 atom stereocenters. The number of para-hydroxylation sites is 1. The van der Waals surface area contributed by atoms with Crippen LogP contribution in [-0.2, 0) is 22.8 Å². The third kappa shape index (κ3) is 2.15. The number of nitrogens with zero attached hydrogens (tertiary/aromatic N) is 4. The van der Waals surface area contributed by atoms with Crippen molar-refractivity contribution in [2.75, 3.05) is 7.11 Å². The first-order chi connectivity index (χ1) is 10.1. The summed E-state index contributed by atoms with van der Waals surface area (Å²) in [5.41, 5.74) is 0.822. The van der Waals surface area contributed by atoms with E-state index in [2.05, 4.69) is 10.1 Å². The predicted octanol–water partition coefficient (Wildman–Crippen LogP) is 0.435. The van der Waals surface area contributed by atoms with Crippen LogP contribution in [0, 0.1) is 0 Å². The minimum atomic E-state index is -1.01. The van der Waals surface area contributed by atoms with E-state index in [1.54, 1.807) is 12.1 Å². The van der Waals surface area contributed by atoms with E-state index in [0.717, 1.165) is 10.1 Å². The molecule has 0 aliphatic heterocycles. The number of benzene rings is 1. The topological polar surface area (TPSA) is 99.2 Å². The second-order valence-corrected chi connectivity index (χ2v) is 4.48. The third-order valence-electron chi connectivity index (χ3n) is 3.11. The van der Waals surface area contributed by atoms with E-state index in [4.69, 9.17) is 9.84 Å². The normalized spacial score (nSPS) is 11.3. The van der Waals surface area contributed by atoms with Crippen molar-refractivity contribution in [1.29, 1.82) is 0 Å². The van der Waals surface area contributed by atoms with Gasteiger partial charge in [0, 0.05) is 12.5 Å². The molecule has 0 radical (unpaired) electrons. The average Bonchev–Trinajstić information content (AvgIpc) is 2.74. The Balaban J connectivity index is 2.40. The molecule has 0 aliphatic carbocycles. The molecule has 21 heavy (non-hydrogen) atoms. The summed E-state index contributed by atoms with van der Waals surface area (Å²) >= 11 is 0. The van der Waals surface area contributed by atoms with E-state index >= 15 is 0 Å². The van der Waals surface area contributed by atoms with Crippen molar-refractivity contribution < 1.29 is 14.6 Å². The van der Waals surface area contributed by atoms with E-state index in [0.29, 0.717) is 11.0 Å². The fourth-order valence-corrected chi connectivity index (χ4v) is 2.30. The maximum atomic E-state index is 11.9. The lowest BCUT2D eigenvalue weighted by molar-refractivity contribution is -0.137. The maximum Gasteiger partial charge on any atom is 0.368 e. The van der Waals surface area contributed by atoms with E-state index in [-0.39, 0.29) is 18.9 Å². The fraction of sp³-hybridized carbons (Fsp3) is 0.231. The van der Waals surface area contributed by atoms with E-state index in [1.807, 2.05) is 12.1 Å². The lowest BCUT2D eigenvalue weighted by Gasteiger charge is -2.03. The van der Waals surface area contributed by atoms with E-state index in [9.17, 15) is 9.59 Å². The summed E-state index contributed by atoms with van der Waals surface area (Å²) in [5.74, 6) is -1.01. The Morgan fingerprint density at radius 3 is 2.86 bits per heavy atom. The van der Waals surface area contributed by atoms with Gasteiger partial charge in [0.15, 0.2) is 5.65 Å². The van der Waals surface area contributed by atoms with E-state index < -0.39 is 11.7 Å². The Morgan fingerprint density at radius 2 is 2.14 bits per heavy atom. The number of rotatable bonds is 4. The van der Waals surface area contributed by atoms with Crippen LogP contribution in [0.15, 0.2) is 29.1 Å². The summed E-state index contributed by atoms with van der Waals surface area (Å²) in [7, 11) is 1.45. The minimum absolute atomic E-state index is 0.0137. The van der Waals surface area contributed by atoms with Crippen molar-refractivity contribution in [3.63, 3.8) is 0 Å². The van der Waals surface area contributed by atoms with Gasteiger partial charge in [0.2, 0.25) is 0 Å². The SMILES string of the molecule is COCn1nc2c3ccccc3n(CC(=O)O)c2nc1=O. The quantitative estimate of drug-likeness (QED) is 0.747. The summed E-state index contributed by atoms with van der Waals surface area (Å²) in [5, 5.41) is 14.0. The number of carboxylic acid groups (broad SMARTS) is 1. The zero-order chi connectivity index (χ0) is 15.0. The summed E-state index contributed by atoms with van der Waals surface area (Å²) in [6.45, 7) is -0.299. The molecule has 0 amide bonds. The molecule has 3 aromatic rings. The number of hydrogen-bond acceptors (Lipinski definition) is 5. The van der Waals surface area contributed by atoms with Gasteiger partial charge < -0.3 is 14.4 Å². The Bertz CT molecular complexity index is 896. The highest BCUT2D eigenvalue weighted by Crippen LogP contribution is 2.24. The Morgan fingerprint density at radius 1 is 1.38 bits per heavy atom. The first kappa shape index (κ1) is 13.3. The minimum Gasteiger partial charge on any atom is -0.480 e. The lowest BCUT2D eigenvalue weighted by atomic mass is 10.2. The Hall–Kier alpha value is -2.74. The lowest BCUT2D eigenvalue weighted by Crippen LogP contribution is -2.26. The van der Waals surface area contributed by atoms with Gasteiger partial charge in [-0.3, -0.25) is 4.79 Å². The Labute approximate surface area is 118 Å². The number of carboxylic acids is 1.